The lowest BCUT2D eigenvalue weighted by Gasteiger charge is -2.22. The van der Waals surface area contributed by atoms with Crippen LogP contribution in [0.4, 0.5) is 0 Å². The topological polar surface area (TPSA) is 30.2 Å². The molecule has 1 aliphatic rings. The second-order valence-electron chi connectivity index (χ2n) is 8.36. The van der Waals surface area contributed by atoms with E-state index in [1.54, 1.807) is 0 Å². The van der Waals surface area contributed by atoms with Crippen LogP contribution in [0.25, 0.3) is 49.2 Å². The molecule has 3 heteroatoms. The zero-order chi connectivity index (χ0) is 18.6. The molecule has 0 aliphatic heterocycles. The first-order chi connectivity index (χ1) is 13.7. The highest BCUT2D eigenvalue weighted by molar-refractivity contribution is 6.26. The molecule has 0 unspecified atom stereocenters. The van der Waals surface area contributed by atoms with Gasteiger partial charge in [-0.1, -0.05) is 38.1 Å². The number of rotatable bonds is 0. The molecular weight excluding hydrogens is 342 g/mol. The molecule has 132 valence electrons. The van der Waals surface area contributed by atoms with Gasteiger partial charge in [-0.3, -0.25) is 9.97 Å². The SMILES string of the molecule is CC1(C)c2ccccc2-c2cc3c4ccncc4n4c5cnccc5c(c21)c34. The van der Waals surface area contributed by atoms with Crippen molar-refractivity contribution in [2.45, 2.75) is 19.3 Å². The van der Waals surface area contributed by atoms with Crippen molar-refractivity contribution in [2.75, 3.05) is 0 Å². The molecule has 0 amide bonds. The molecule has 0 saturated heterocycles. The summed E-state index contributed by atoms with van der Waals surface area (Å²) in [7, 11) is 0. The number of pyridine rings is 2. The van der Waals surface area contributed by atoms with Crippen molar-refractivity contribution in [1.82, 2.24) is 14.4 Å². The number of aromatic nitrogens is 3. The first kappa shape index (κ1) is 14.6. The maximum Gasteiger partial charge on any atom is 0.0725 e. The minimum atomic E-state index is -0.0418. The number of nitrogens with zero attached hydrogens (tertiary/aromatic N) is 3. The molecule has 7 rings (SSSR count). The van der Waals surface area contributed by atoms with Crippen LogP contribution < -0.4 is 0 Å². The van der Waals surface area contributed by atoms with Crippen LogP contribution in [0.1, 0.15) is 25.0 Å². The van der Waals surface area contributed by atoms with E-state index in [1.165, 1.54) is 49.3 Å². The summed E-state index contributed by atoms with van der Waals surface area (Å²) in [5.41, 5.74) is 9.13. The lowest BCUT2D eigenvalue weighted by Crippen LogP contribution is -2.15. The van der Waals surface area contributed by atoms with E-state index < -0.39 is 0 Å². The van der Waals surface area contributed by atoms with Crippen LogP contribution in [0.2, 0.25) is 0 Å². The van der Waals surface area contributed by atoms with E-state index in [0.29, 0.717) is 0 Å². The van der Waals surface area contributed by atoms with Gasteiger partial charge in [0.15, 0.2) is 0 Å². The maximum absolute atomic E-state index is 4.44. The monoisotopic (exact) mass is 359 g/mol. The molecule has 28 heavy (non-hydrogen) atoms. The highest BCUT2D eigenvalue weighted by Crippen LogP contribution is 2.55. The molecule has 4 aromatic heterocycles. The summed E-state index contributed by atoms with van der Waals surface area (Å²) >= 11 is 0. The van der Waals surface area contributed by atoms with Gasteiger partial charge in [-0.15, -0.1) is 0 Å². The third-order valence-electron chi connectivity index (χ3n) is 6.68. The normalized spacial score (nSPS) is 15.1. The molecule has 4 heterocycles. The third-order valence-corrected chi connectivity index (χ3v) is 6.68. The third kappa shape index (κ3) is 1.43. The summed E-state index contributed by atoms with van der Waals surface area (Å²) in [6, 6.07) is 15.6. The van der Waals surface area contributed by atoms with Gasteiger partial charge in [0.05, 0.1) is 28.9 Å². The second kappa shape index (κ2) is 4.50. The Morgan fingerprint density at radius 1 is 0.786 bits per heavy atom. The van der Waals surface area contributed by atoms with Gasteiger partial charge < -0.3 is 4.40 Å². The average molecular weight is 359 g/mol. The molecule has 2 aromatic carbocycles. The number of hydrogen-bond donors (Lipinski definition) is 0. The van der Waals surface area contributed by atoms with Crippen molar-refractivity contribution in [3.63, 3.8) is 0 Å². The minimum absolute atomic E-state index is 0.0418. The van der Waals surface area contributed by atoms with Gasteiger partial charge in [0.2, 0.25) is 0 Å². The van der Waals surface area contributed by atoms with Crippen molar-refractivity contribution in [1.29, 1.82) is 0 Å². The van der Waals surface area contributed by atoms with Gasteiger partial charge in [0.25, 0.3) is 0 Å². The molecule has 1 aliphatic carbocycles. The summed E-state index contributed by atoms with van der Waals surface area (Å²) in [6.45, 7) is 4.71. The largest absolute Gasteiger partial charge is 0.305 e. The average Bonchev–Trinajstić information content (AvgIpc) is 3.31. The summed E-state index contributed by atoms with van der Waals surface area (Å²) in [5.74, 6) is 0. The quantitative estimate of drug-likeness (QED) is 0.336. The Morgan fingerprint density at radius 3 is 2.32 bits per heavy atom. The zero-order valence-electron chi connectivity index (χ0n) is 15.7. The van der Waals surface area contributed by atoms with E-state index in [-0.39, 0.29) is 5.41 Å². The van der Waals surface area contributed by atoms with Crippen molar-refractivity contribution in [3.8, 4) is 11.1 Å². The predicted octanol–water partition coefficient (Wildman–Crippen LogP) is 5.93. The van der Waals surface area contributed by atoms with Crippen LogP contribution in [0.3, 0.4) is 0 Å². The maximum atomic E-state index is 4.44. The van der Waals surface area contributed by atoms with E-state index in [2.05, 4.69) is 70.7 Å². The lowest BCUT2D eigenvalue weighted by molar-refractivity contribution is 0.667. The lowest BCUT2D eigenvalue weighted by atomic mass is 9.80. The zero-order valence-corrected chi connectivity index (χ0v) is 15.7. The Morgan fingerprint density at radius 2 is 1.50 bits per heavy atom. The standard InChI is InChI=1S/C25H17N3/c1-25(2)19-6-4-3-5-14(19)17-11-18-15-7-9-26-12-20(15)28-21-13-27-10-8-16(21)22(23(17)25)24(18)28/h3-13H,1-2H3. The van der Waals surface area contributed by atoms with Crippen molar-refractivity contribution in [2.24, 2.45) is 0 Å². The molecule has 6 aromatic rings. The molecule has 0 N–H and O–H groups in total. The van der Waals surface area contributed by atoms with E-state index in [4.69, 9.17) is 0 Å². The summed E-state index contributed by atoms with van der Waals surface area (Å²) < 4.78 is 2.36. The van der Waals surface area contributed by atoms with Gasteiger partial charge >= 0.3 is 0 Å². The van der Waals surface area contributed by atoms with Gasteiger partial charge in [-0.25, -0.2) is 0 Å². The predicted molar refractivity (Wildman–Crippen MR) is 114 cm³/mol. The Labute approximate surface area is 161 Å². The number of hydrogen-bond acceptors (Lipinski definition) is 2. The van der Waals surface area contributed by atoms with Crippen molar-refractivity contribution in [3.05, 3.63) is 78.4 Å². The molecule has 0 saturated carbocycles. The van der Waals surface area contributed by atoms with Gasteiger partial charge in [-0.05, 0) is 40.5 Å². The fraction of sp³-hybridized carbons (Fsp3) is 0.120. The summed E-state index contributed by atoms with van der Waals surface area (Å²) in [6.07, 6.45) is 7.77. The van der Waals surface area contributed by atoms with E-state index in [0.717, 1.165) is 11.0 Å². The van der Waals surface area contributed by atoms with Crippen LogP contribution in [-0.2, 0) is 5.41 Å². The van der Waals surface area contributed by atoms with Crippen LogP contribution in [0.5, 0.6) is 0 Å². The highest BCUT2D eigenvalue weighted by atomic mass is 14.9. The first-order valence-corrected chi connectivity index (χ1v) is 9.68. The highest BCUT2D eigenvalue weighted by Gasteiger charge is 2.38. The molecular formula is C25H17N3. The number of benzene rings is 2. The second-order valence-corrected chi connectivity index (χ2v) is 8.36. The van der Waals surface area contributed by atoms with Gasteiger partial charge in [0, 0.05) is 39.4 Å². The summed E-state index contributed by atoms with van der Waals surface area (Å²) in [4.78, 5) is 8.86. The van der Waals surface area contributed by atoms with Crippen LogP contribution >= 0.6 is 0 Å². The van der Waals surface area contributed by atoms with Crippen LogP contribution in [0, 0.1) is 0 Å². The number of fused-ring (bicyclic) bond motifs is 10. The van der Waals surface area contributed by atoms with Crippen molar-refractivity contribution < 1.29 is 0 Å². The molecule has 0 radical (unpaired) electrons. The Kier molecular flexibility index (Phi) is 2.34. The molecule has 3 nitrogen and oxygen atoms in total. The van der Waals surface area contributed by atoms with Gasteiger partial charge in [0.1, 0.15) is 0 Å². The van der Waals surface area contributed by atoms with E-state index >= 15 is 0 Å². The Hall–Kier alpha value is -3.46. The molecule has 0 fully saturated rings. The van der Waals surface area contributed by atoms with Crippen LogP contribution in [0.15, 0.2) is 67.3 Å². The van der Waals surface area contributed by atoms with E-state index in [9.17, 15) is 0 Å². The Bertz CT molecular complexity index is 1590. The Balaban J connectivity index is 1.87. The fourth-order valence-electron chi connectivity index (χ4n) is 5.57. The molecule has 0 atom stereocenters. The minimum Gasteiger partial charge on any atom is -0.305 e. The van der Waals surface area contributed by atoms with Crippen LogP contribution in [-0.4, -0.2) is 14.4 Å². The van der Waals surface area contributed by atoms with Crippen molar-refractivity contribution >= 4 is 38.1 Å². The van der Waals surface area contributed by atoms with E-state index in [1.807, 2.05) is 24.8 Å². The fourth-order valence-corrected chi connectivity index (χ4v) is 5.57. The molecule has 0 spiro atoms. The molecule has 0 bridgehead atoms. The smallest absolute Gasteiger partial charge is 0.0725 e. The summed E-state index contributed by atoms with van der Waals surface area (Å²) in [5, 5.41) is 5.20. The first-order valence-electron chi connectivity index (χ1n) is 9.68. The van der Waals surface area contributed by atoms with Gasteiger partial charge in [-0.2, -0.15) is 0 Å².